The van der Waals surface area contributed by atoms with Gasteiger partial charge in [0.1, 0.15) is 0 Å². The molecule has 1 aliphatic heterocycles. The van der Waals surface area contributed by atoms with E-state index in [1.807, 2.05) is 0 Å². The molecule has 100 valence electrons. The topological polar surface area (TPSA) is 42.0 Å². The highest BCUT2D eigenvalue weighted by molar-refractivity contribution is 5.77. The van der Waals surface area contributed by atoms with Gasteiger partial charge in [-0.15, -0.1) is 0 Å². The third-order valence-corrected chi connectivity index (χ3v) is 2.45. The van der Waals surface area contributed by atoms with Crippen LogP contribution in [0.5, 0.6) is 0 Å². The van der Waals surface area contributed by atoms with Crippen LogP contribution >= 0.6 is 0 Å². The Hall–Kier alpha value is -1.02. The van der Waals surface area contributed by atoms with Gasteiger partial charge in [-0.25, -0.2) is 9.18 Å². The number of carbonyl (C=O) groups excluding carboxylic acids is 1. The number of ether oxygens (including phenoxy) is 2. The van der Waals surface area contributed by atoms with Crippen LogP contribution in [-0.2, 0) is 9.47 Å². The molecule has 0 N–H and O–H groups in total. The maximum atomic E-state index is 13.4. The summed E-state index contributed by atoms with van der Waals surface area (Å²) in [5.74, 6) is 0. The lowest BCUT2D eigenvalue weighted by molar-refractivity contribution is -0.163. The van der Waals surface area contributed by atoms with Crippen molar-refractivity contribution < 1.29 is 27.4 Å². The average molecular weight is 256 g/mol. The van der Waals surface area contributed by atoms with Crippen molar-refractivity contribution in [1.82, 2.24) is 9.80 Å². The molecule has 1 unspecified atom stereocenters. The number of halogens is 3. The van der Waals surface area contributed by atoms with Gasteiger partial charge < -0.3 is 9.47 Å². The number of nitrogens with zero attached hydrogens (tertiary/aromatic N) is 2. The van der Waals surface area contributed by atoms with Crippen molar-refractivity contribution in [2.75, 3.05) is 40.5 Å². The van der Waals surface area contributed by atoms with E-state index >= 15 is 0 Å². The Morgan fingerprint density at radius 1 is 1.24 bits per heavy atom. The molecule has 1 saturated heterocycles. The van der Waals surface area contributed by atoms with Gasteiger partial charge in [0.25, 0.3) is 6.30 Å². The summed E-state index contributed by atoms with van der Waals surface area (Å²) in [5, 5.41) is 0. The van der Waals surface area contributed by atoms with Gasteiger partial charge in [-0.2, -0.15) is 8.78 Å². The fourth-order valence-corrected chi connectivity index (χ4v) is 1.52. The molecule has 2 amide bonds. The minimum Gasteiger partial charge on any atom is -0.383 e. The maximum absolute atomic E-state index is 13.4. The number of urea groups is 1. The number of carbonyl (C=O) groups is 1. The molecular weight excluding hydrogens is 241 g/mol. The van der Waals surface area contributed by atoms with Gasteiger partial charge in [-0.1, -0.05) is 0 Å². The fraction of sp³-hybridized carbons (Fsp3) is 0.889. The summed E-state index contributed by atoms with van der Waals surface area (Å²) in [7, 11) is 2.66. The van der Waals surface area contributed by atoms with Crippen LogP contribution < -0.4 is 0 Å². The molecule has 0 aliphatic carbocycles. The highest BCUT2D eigenvalue weighted by atomic mass is 19.3. The van der Waals surface area contributed by atoms with Crippen molar-refractivity contribution in [3.05, 3.63) is 0 Å². The van der Waals surface area contributed by atoms with E-state index in [0.717, 1.165) is 0 Å². The molecular formula is C9H15F3N2O3. The molecule has 1 heterocycles. The molecule has 0 aromatic heterocycles. The smallest absolute Gasteiger partial charge is 0.378 e. The second-order valence-electron chi connectivity index (χ2n) is 3.54. The number of hydrogen-bond acceptors (Lipinski definition) is 3. The standard InChI is InChI=1S/C9H15F3N2O3/c1-16-5-3-13-7(10)9(11,12)14(8(13)15)4-6-17-2/h7H,3-6H2,1-2H3. The summed E-state index contributed by atoms with van der Waals surface area (Å²) >= 11 is 0. The molecule has 0 saturated carbocycles. The predicted molar refractivity (Wildman–Crippen MR) is 52.4 cm³/mol. The quantitative estimate of drug-likeness (QED) is 0.663. The highest BCUT2D eigenvalue weighted by Crippen LogP contribution is 2.36. The van der Waals surface area contributed by atoms with Crippen LogP contribution in [0.25, 0.3) is 0 Å². The average Bonchev–Trinajstić information content (AvgIpc) is 2.43. The minimum atomic E-state index is -3.83. The Bertz CT molecular complexity index is 278. The Morgan fingerprint density at radius 3 is 2.29 bits per heavy atom. The van der Waals surface area contributed by atoms with E-state index in [1.165, 1.54) is 14.2 Å². The molecule has 1 aliphatic rings. The van der Waals surface area contributed by atoms with Crippen LogP contribution in [-0.4, -0.2) is 68.7 Å². The summed E-state index contributed by atoms with van der Waals surface area (Å²) in [5.41, 5.74) is 0. The van der Waals surface area contributed by atoms with Gasteiger partial charge in [-0.3, -0.25) is 9.80 Å². The monoisotopic (exact) mass is 256 g/mol. The van der Waals surface area contributed by atoms with E-state index in [4.69, 9.17) is 0 Å². The number of alkyl halides is 3. The van der Waals surface area contributed by atoms with Crippen molar-refractivity contribution in [3.63, 3.8) is 0 Å². The maximum Gasteiger partial charge on any atom is 0.378 e. The second kappa shape index (κ2) is 5.54. The van der Waals surface area contributed by atoms with E-state index < -0.39 is 18.4 Å². The lowest BCUT2D eigenvalue weighted by Gasteiger charge is -2.21. The minimum absolute atomic E-state index is 0.000355. The van der Waals surface area contributed by atoms with Crippen molar-refractivity contribution in [2.24, 2.45) is 0 Å². The molecule has 1 rings (SSSR count). The number of methoxy groups -OCH3 is 2. The lowest BCUT2D eigenvalue weighted by atomic mass is 10.4. The molecule has 0 spiro atoms. The van der Waals surface area contributed by atoms with Crippen LogP contribution in [0.1, 0.15) is 0 Å². The van der Waals surface area contributed by atoms with Crippen molar-refractivity contribution >= 4 is 6.03 Å². The first kappa shape index (κ1) is 14.0. The first-order valence-corrected chi connectivity index (χ1v) is 5.04. The Morgan fingerprint density at radius 2 is 1.76 bits per heavy atom. The van der Waals surface area contributed by atoms with Crippen molar-refractivity contribution in [3.8, 4) is 0 Å². The first-order valence-electron chi connectivity index (χ1n) is 5.04. The van der Waals surface area contributed by atoms with E-state index in [9.17, 15) is 18.0 Å². The summed E-state index contributed by atoms with van der Waals surface area (Å²) in [6.45, 7) is -0.645. The molecule has 1 fully saturated rings. The van der Waals surface area contributed by atoms with Crippen LogP contribution in [0.4, 0.5) is 18.0 Å². The SMILES string of the molecule is COCCN1C(=O)N(CCOC)C(F)(F)C1F. The van der Waals surface area contributed by atoms with Gasteiger partial charge >= 0.3 is 12.1 Å². The Kier molecular flexibility index (Phi) is 4.58. The van der Waals surface area contributed by atoms with Gasteiger partial charge in [0.05, 0.1) is 19.8 Å². The molecule has 0 radical (unpaired) electrons. The van der Waals surface area contributed by atoms with Crippen molar-refractivity contribution in [2.45, 2.75) is 12.3 Å². The van der Waals surface area contributed by atoms with Gasteiger partial charge in [0.15, 0.2) is 0 Å². The predicted octanol–water partition coefficient (Wildman–Crippen LogP) is 0.905. The fourth-order valence-electron chi connectivity index (χ4n) is 1.52. The largest absolute Gasteiger partial charge is 0.383 e. The normalized spacial score (nSPS) is 23.6. The van der Waals surface area contributed by atoms with E-state index in [-0.39, 0.29) is 31.2 Å². The van der Waals surface area contributed by atoms with E-state index in [2.05, 4.69) is 9.47 Å². The van der Waals surface area contributed by atoms with Crippen LogP contribution in [0.15, 0.2) is 0 Å². The molecule has 17 heavy (non-hydrogen) atoms. The number of amides is 2. The summed E-state index contributed by atoms with van der Waals surface area (Å²) < 4.78 is 49.6. The molecule has 8 heteroatoms. The highest BCUT2D eigenvalue weighted by Gasteiger charge is 2.60. The van der Waals surface area contributed by atoms with Crippen LogP contribution in [0, 0.1) is 0 Å². The molecule has 0 aromatic rings. The third kappa shape index (κ3) is 2.63. The van der Waals surface area contributed by atoms with E-state index in [1.54, 1.807) is 0 Å². The van der Waals surface area contributed by atoms with Crippen LogP contribution in [0.2, 0.25) is 0 Å². The Balaban J connectivity index is 2.75. The van der Waals surface area contributed by atoms with Gasteiger partial charge in [-0.05, 0) is 0 Å². The second-order valence-corrected chi connectivity index (χ2v) is 3.54. The zero-order valence-electron chi connectivity index (χ0n) is 9.66. The molecule has 0 aromatic carbocycles. The molecule has 5 nitrogen and oxygen atoms in total. The Labute approximate surface area is 97.1 Å². The van der Waals surface area contributed by atoms with Crippen LogP contribution in [0.3, 0.4) is 0 Å². The van der Waals surface area contributed by atoms with E-state index in [0.29, 0.717) is 4.90 Å². The van der Waals surface area contributed by atoms with Gasteiger partial charge in [0, 0.05) is 20.8 Å². The third-order valence-electron chi connectivity index (χ3n) is 2.45. The first-order chi connectivity index (χ1) is 7.96. The lowest BCUT2D eigenvalue weighted by Crippen LogP contribution is -2.43. The zero-order valence-corrected chi connectivity index (χ0v) is 9.66. The number of rotatable bonds is 6. The van der Waals surface area contributed by atoms with Gasteiger partial charge in [0.2, 0.25) is 0 Å². The molecule has 1 atom stereocenters. The summed E-state index contributed by atoms with van der Waals surface area (Å²) in [6.07, 6.45) is -2.65. The zero-order chi connectivity index (χ0) is 13.1. The number of hydrogen-bond donors (Lipinski definition) is 0. The molecule has 0 bridgehead atoms. The summed E-state index contributed by atoms with van der Waals surface area (Å²) in [4.78, 5) is 12.2. The summed E-state index contributed by atoms with van der Waals surface area (Å²) in [6, 6.07) is -4.87. The van der Waals surface area contributed by atoms with Crippen molar-refractivity contribution in [1.29, 1.82) is 0 Å².